The molecule has 0 aliphatic rings. The van der Waals surface area contributed by atoms with Crippen molar-refractivity contribution < 1.29 is 19.2 Å². The Hall–Kier alpha value is -3.60. The number of nitrogens with zero attached hydrogens (tertiary/aromatic N) is 4. The fraction of sp³-hybridized carbons (Fsp3) is 0.250. The fourth-order valence-electron chi connectivity index (χ4n) is 2.73. The monoisotopic (exact) mass is 443 g/mol. The van der Waals surface area contributed by atoms with E-state index in [0.29, 0.717) is 28.2 Å². The maximum atomic E-state index is 12.2. The maximum Gasteiger partial charge on any atom is 0.269 e. The van der Waals surface area contributed by atoms with E-state index < -0.39 is 4.92 Å². The van der Waals surface area contributed by atoms with Crippen LogP contribution in [0.15, 0.2) is 53.7 Å². The van der Waals surface area contributed by atoms with E-state index in [2.05, 4.69) is 15.5 Å². The van der Waals surface area contributed by atoms with Crippen molar-refractivity contribution in [1.29, 1.82) is 0 Å². The Kier molecular flexibility index (Phi) is 7.08. The number of methoxy groups -OCH3 is 1. The van der Waals surface area contributed by atoms with Crippen LogP contribution in [0.3, 0.4) is 0 Å². The number of carbonyl (C=O) groups excluding carboxylic acids is 1. The minimum atomic E-state index is -0.494. The van der Waals surface area contributed by atoms with Crippen LogP contribution in [0.25, 0.3) is 0 Å². The van der Waals surface area contributed by atoms with Crippen LogP contribution in [0.1, 0.15) is 18.9 Å². The average Bonchev–Trinajstić information content (AvgIpc) is 3.13. The van der Waals surface area contributed by atoms with Gasteiger partial charge in [0.05, 0.1) is 17.8 Å². The van der Waals surface area contributed by atoms with Crippen molar-refractivity contribution in [1.82, 2.24) is 14.8 Å². The number of nitrogens with one attached hydrogen (secondary N) is 1. The van der Waals surface area contributed by atoms with Crippen LogP contribution >= 0.6 is 11.8 Å². The molecule has 162 valence electrons. The fourth-order valence-corrected chi connectivity index (χ4v) is 3.45. The molecule has 0 saturated carbocycles. The molecule has 1 amide bonds. The second-order valence-electron chi connectivity index (χ2n) is 6.48. The lowest BCUT2D eigenvalue weighted by molar-refractivity contribution is -0.384. The standard InChI is InChI=1S/C20H21N5O5S/c1-13(30-17-6-4-5-16(11-17)29-3)19-22-23-20(24(19)2)31-12-18(26)21-14-7-9-15(10-8-14)25(27)28/h4-11,13H,12H2,1-3H3,(H,21,26). The van der Waals surface area contributed by atoms with Crippen LogP contribution in [0, 0.1) is 10.1 Å². The van der Waals surface area contributed by atoms with Gasteiger partial charge in [-0.25, -0.2) is 0 Å². The Morgan fingerprint density at radius 2 is 1.94 bits per heavy atom. The van der Waals surface area contributed by atoms with Crippen LogP contribution in [0.4, 0.5) is 11.4 Å². The Balaban J connectivity index is 1.56. The van der Waals surface area contributed by atoms with Gasteiger partial charge in [-0.3, -0.25) is 14.9 Å². The van der Waals surface area contributed by atoms with Crippen LogP contribution in [0.5, 0.6) is 11.5 Å². The largest absolute Gasteiger partial charge is 0.497 e. The highest BCUT2D eigenvalue weighted by Gasteiger charge is 2.18. The van der Waals surface area contributed by atoms with E-state index in [9.17, 15) is 14.9 Å². The van der Waals surface area contributed by atoms with Gasteiger partial charge in [0.1, 0.15) is 11.5 Å². The molecule has 3 rings (SSSR count). The van der Waals surface area contributed by atoms with Gasteiger partial charge in [0.15, 0.2) is 17.1 Å². The zero-order valence-corrected chi connectivity index (χ0v) is 18.0. The molecule has 10 nitrogen and oxygen atoms in total. The highest BCUT2D eigenvalue weighted by atomic mass is 32.2. The van der Waals surface area contributed by atoms with E-state index in [1.54, 1.807) is 24.8 Å². The molecule has 0 radical (unpaired) electrons. The van der Waals surface area contributed by atoms with Gasteiger partial charge in [0.2, 0.25) is 5.91 Å². The first-order valence-corrected chi connectivity index (χ1v) is 10.2. The number of carbonyl (C=O) groups is 1. The first kappa shape index (κ1) is 22.1. The van der Waals surface area contributed by atoms with Crippen molar-refractivity contribution in [3.63, 3.8) is 0 Å². The van der Waals surface area contributed by atoms with Gasteiger partial charge >= 0.3 is 0 Å². The van der Waals surface area contributed by atoms with Crippen molar-refractivity contribution in [3.8, 4) is 11.5 Å². The summed E-state index contributed by atoms with van der Waals surface area (Å²) in [5.41, 5.74) is 0.444. The number of anilines is 1. The first-order chi connectivity index (χ1) is 14.9. The van der Waals surface area contributed by atoms with Gasteiger partial charge in [-0.05, 0) is 31.2 Å². The molecule has 1 heterocycles. The van der Waals surface area contributed by atoms with E-state index >= 15 is 0 Å². The summed E-state index contributed by atoms with van der Waals surface area (Å²) in [6.45, 7) is 1.86. The zero-order chi connectivity index (χ0) is 22.4. The summed E-state index contributed by atoms with van der Waals surface area (Å²) in [4.78, 5) is 22.4. The minimum absolute atomic E-state index is 0.0377. The summed E-state index contributed by atoms with van der Waals surface area (Å²) >= 11 is 1.23. The molecule has 0 aliphatic carbocycles. The molecular formula is C20H21N5O5S. The lowest BCUT2D eigenvalue weighted by Crippen LogP contribution is -2.15. The molecule has 2 aromatic carbocycles. The van der Waals surface area contributed by atoms with Gasteiger partial charge in [-0.2, -0.15) is 0 Å². The zero-order valence-electron chi connectivity index (χ0n) is 17.1. The Morgan fingerprint density at radius 3 is 2.61 bits per heavy atom. The van der Waals surface area contributed by atoms with E-state index in [1.807, 2.05) is 25.1 Å². The second-order valence-corrected chi connectivity index (χ2v) is 7.42. The molecule has 31 heavy (non-hydrogen) atoms. The van der Waals surface area contributed by atoms with E-state index in [4.69, 9.17) is 9.47 Å². The van der Waals surface area contributed by atoms with Gasteiger partial charge in [-0.1, -0.05) is 17.8 Å². The van der Waals surface area contributed by atoms with Gasteiger partial charge in [0, 0.05) is 30.9 Å². The third-order valence-corrected chi connectivity index (χ3v) is 5.30. The van der Waals surface area contributed by atoms with Gasteiger partial charge in [-0.15, -0.1) is 10.2 Å². The normalized spacial score (nSPS) is 11.6. The number of hydrogen-bond acceptors (Lipinski definition) is 8. The number of nitro groups is 1. The van der Waals surface area contributed by atoms with E-state index in [0.717, 1.165) is 0 Å². The number of benzene rings is 2. The predicted molar refractivity (Wildman–Crippen MR) is 115 cm³/mol. The number of amides is 1. The van der Waals surface area contributed by atoms with Gasteiger partial charge in [0.25, 0.3) is 5.69 Å². The SMILES string of the molecule is COc1cccc(OC(C)c2nnc(SCC(=O)Nc3ccc([N+](=O)[O-])cc3)n2C)c1. The van der Waals surface area contributed by atoms with Crippen molar-refractivity contribution in [2.75, 3.05) is 18.2 Å². The van der Waals surface area contributed by atoms with Crippen molar-refractivity contribution in [3.05, 3.63) is 64.5 Å². The third kappa shape index (κ3) is 5.72. The highest BCUT2D eigenvalue weighted by molar-refractivity contribution is 7.99. The smallest absolute Gasteiger partial charge is 0.269 e. The molecule has 1 atom stereocenters. The number of rotatable bonds is 9. The number of thioether (sulfide) groups is 1. The molecule has 1 aromatic heterocycles. The summed E-state index contributed by atoms with van der Waals surface area (Å²) in [5, 5.41) is 22.3. The molecule has 1 unspecified atom stereocenters. The van der Waals surface area contributed by atoms with Crippen LogP contribution in [-0.2, 0) is 11.8 Å². The van der Waals surface area contributed by atoms with E-state index in [-0.39, 0.29) is 23.5 Å². The lowest BCUT2D eigenvalue weighted by atomic mass is 10.3. The van der Waals surface area contributed by atoms with Crippen LogP contribution in [0.2, 0.25) is 0 Å². The Bertz CT molecular complexity index is 1070. The van der Waals surface area contributed by atoms with Gasteiger partial charge < -0.3 is 19.4 Å². The highest BCUT2D eigenvalue weighted by Crippen LogP contribution is 2.26. The molecule has 0 aliphatic heterocycles. The summed E-state index contributed by atoms with van der Waals surface area (Å²) in [6, 6.07) is 12.9. The Morgan fingerprint density at radius 1 is 1.23 bits per heavy atom. The molecule has 3 aromatic rings. The maximum absolute atomic E-state index is 12.2. The first-order valence-electron chi connectivity index (χ1n) is 9.24. The molecule has 0 bridgehead atoms. The number of hydrogen-bond donors (Lipinski definition) is 1. The minimum Gasteiger partial charge on any atom is -0.497 e. The number of aromatic nitrogens is 3. The predicted octanol–water partition coefficient (Wildman–Crippen LogP) is 3.60. The van der Waals surface area contributed by atoms with Crippen molar-refractivity contribution in [2.45, 2.75) is 18.2 Å². The van der Waals surface area contributed by atoms with Crippen LogP contribution < -0.4 is 14.8 Å². The quantitative estimate of drug-likeness (QED) is 0.302. The van der Waals surface area contributed by atoms with Crippen LogP contribution in [-0.4, -0.2) is 38.5 Å². The molecular weight excluding hydrogens is 422 g/mol. The average molecular weight is 443 g/mol. The molecule has 1 N–H and O–H groups in total. The van der Waals surface area contributed by atoms with Crippen molar-refractivity contribution >= 4 is 29.0 Å². The van der Waals surface area contributed by atoms with E-state index in [1.165, 1.54) is 36.0 Å². The summed E-state index contributed by atoms with van der Waals surface area (Å²) in [5.74, 6) is 1.79. The summed E-state index contributed by atoms with van der Waals surface area (Å²) in [7, 11) is 3.39. The topological polar surface area (TPSA) is 121 Å². The summed E-state index contributed by atoms with van der Waals surface area (Å²) < 4.78 is 12.9. The number of non-ortho nitro benzene ring substituents is 1. The lowest BCUT2D eigenvalue weighted by Gasteiger charge is -2.14. The molecule has 11 heteroatoms. The molecule has 0 spiro atoms. The summed E-state index contributed by atoms with van der Waals surface area (Å²) in [6.07, 6.45) is -0.368. The second kappa shape index (κ2) is 9.94. The molecule has 0 fully saturated rings. The third-order valence-electron chi connectivity index (χ3n) is 4.28. The Labute approximate surface area is 182 Å². The molecule has 0 saturated heterocycles. The number of nitro benzene ring substituents is 1. The number of ether oxygens (including phenoxy) is 2. The van der Waals surface area contributed by atoms with Crippen molar-refractivity contribution in [2.24, 2.45) is 7.05 Å².